The van der Waals surface area contributed by atoms with Gasteiger partial charge in [-0.15, -0.1) is 11.3 Å². The van der Waals surface area contributed by atoms with Crippen molar-refractivity contribution in [3.05, 3.63) is 58.3 Å². The second-order valence-electron chi connectivity index (χ2n) is 10.7. The average Bonchev–Trinajstić information content (AvgIpc) is 3.31. The molecule has 1 aromatic heterocycles. The van der Waals surface area contributed by atoms with Gasteiger partial charge in [0.05, 0.1) is 18.5 Å². The van der Waals surface area contributed by atoms with E-state index in [-0.39, 0.29) is 23.8 Å². The molecule has 4 nitrogen and oxygen atoms in total. The summed E-state index contributed by atoms with van der Waals surface area (Å²) in [4.78, 5) is 32.6. The Bertz CT molecular complexity index is 920. The van der Waals surface area contributed by atoms with Gasteiger partial charge in [0.2, 0.25) is 11.8 Å². The second-order valence-corrected chi connectivity index (χ2v) is 11.8. The van der Waals surface area contributed by atoms with Crippen LogP contribution in [-0.2, 0) is 22.7 Å². The van der Waals surface area contributed by atoms with E-state index in [1.54, 1.807) is 11.3 Å². The predicted molar refractivity (Wildman–Crippen MR) is 132 cm³/mol. The first-order valence-corrected chi connectivity index (χ1v) is 13.6. The highest BCUT2D eigenvalue weighted by molar-refractivity contribution is 7.09. The molecule has 4 aliphatic rings. The lowest BCUT2D eigenvalue weighted by Crippen LogP contribution is -2.56. The van der Waals surface area contributed by atoms with Crippen LogP contribution in [0.3, 0.4) is 0 Å². The smallest absolute Gasteiger partial charge is 0.242 e. The zero-order valence-electron chi connectivity index (χ0n) is 19.7. The maximum Gasteiger partial charge on any atom is 0.242 e. The fourth-order valence-corrected chi connectivity index (χ4v) is 7.84. The van der Waals surface area contributed by atoms with E-state index in [2.05, 4.69) is 30.5 Å². The quantitative estimate of drug-likeness (QED) is 0.475. The number of amides is 2. The highest BCUT2D eigenvalue weighted by Crippen LogP contribution is 2.60. The van der Waals surface area contributed by atoms with Crippen LogP contribution in [0.2, 0.25) is 0 Å². The Morgan fingerprint density at radius 1 is 0.909 bits per heavy atom. The van der Waals surface area contributed by atoms with Crippen LogP contribution in [0.25, 0.3) is 0 Å². The molecule has 2 aromatic rings. The Balaban J connectivity index is 1.33. The van der Waals surface area contributed by atoms with Crippen LogP contribution in [-0.4, -0.2) is 34.7 Å². The predicted octanol–water partition coefficient (Wildman–Crippen LogP) is 5.73. The van der Waals surface area contributed by atoms with E-state index in [1.807, 2.05) is 34.1 Å². The largest absolute Gasteiger partial charge is 0.333 e. The lowest BCUT2D eigenvalue weighted by Gasteiger charge is -2.56. The van der Waals surface area contributed by atoms with Crippen molar-refractivity contribution in [1.29, 1.82) is 0 Å². The molecule has 4 saturated carbocycles. The van der Waals surface area contributed by atoms with Gasteiger partial charge in [-0.3, -0.25) is 9.59 Å². The van der Waals surface area contributed by atoms with Gasteiger partial charge < -0.3 is 9.80 Å². The number of benzene rings is 1. The Hall–Kier alpha value is -2.14. The molecular formula is C28H36N2O2S. The van der Waals surface area contributed by atoms with Crippen LogP contribution >= 0.6 is 11.3 Å². The van der Waals surface area contributed by atoms with Crippen LogP contribution in [0.4, 0.5) is 0 Å². The molecule has 2 amide bonds. The summed E-state index contributed by atoms with van der Waals surface area (Å²) >= 11 is 1.68. The van der Waals surface area contributed by atoms with Gasteiger partial charge in [0, 0.05) is 18.0 Å². The molecule has 4 fully saturated rings. The molecule has 33 heavy (non-hydrogen) atoms. The summed E-state index contributed by atoms with van der Waals surface area (Å²) < 4.78 is 0. The van der Waals surface area contributed by atoms with Crippen molar-refractivity contribution in [2.45, 2.75) is 65.0 Å². The van der Waals surface area contributed by atoms with E-state index in [0.29, 0.717) is 19.6 Å². The van der Waals surface area contributed by atoms with Crippen LogP contribution < -0.4 is 0 Å². The summed E-state index contributed by atoms with van der Waals surface area (Å²) in [5.41, 5.74) is 0.930. The normalized spacial score (nSPS) is 27.5. The molecule has 0 spiro atoms. The van der Waals surface area contributed by atoms with Crippen molar-refractivity contribution in [3.63, 3.8) is 0 Å². The molecular weight excluding hydrogens is 428 g/mol. The average molecular weight is 465 g/mol. The minimum atomic E-state index is -0.192. The molecule has 5 heteroatoms. The van der Waals surface area contributed by atoms with Crippen molar-refractivity contribution >= 4 is 23.2 Å². The molecule has 0 unspecified atom stereocenters. The van der Waals surface area contributed by atoms with Gasteiger partial charge in [-0.25, -0.2) is 0 Å². The van der Waals surface area contributed by atoms with E-state index >= 15 is 0 Å². The maximum atomic E-state index is 14.0. The molecule has 4 bridgehead atoms. The Labute approximate surface area is 202 Å². The highest BCUT2D eigenvalue weighted by Gasteiger charge is 2.55. The standard InChI is InChI=1S/C28H36N2O2S/c1-2-10-29(27(32)28-15-22-12-23(16-28)14-24(13-22)17-28)20-26(31)30(19-25-9-6-11-33-25)18-21-7-4-3-5-8-21/h3-9,11,22-24H,2,10,12-20H2,1H3. The SMILES string of the molecule is CCCN(CC(=O)N(Cc1ccccc1)Cc1cccs1)C(=O)C12CC3CC(CC(C3)C1)C2. The summed E-state index contributed by atoms with van der Waals surface area (Å²) in [7, 11) is 0. The first-order valence-electron chi connectivity index (χ1n) is 12.7. The third-order valence-electron chi connectivity index (χ3n) is 8.09. The number of nitrogens with zero attached hydrogens (tertiary/aromatic N) is 2. The number of carbonyl (C=O) groups is 2. The molecule has 1 heterocycles. The summed E-state index contributed by atoms with van der Waals surface area (Å²) in [6.45, 7) is 4.15. The fraction of sp³-hybridized carbons (Fsp3) is 0.571. The van der Waals surface area contributed by atoms with Gasteiger partial charge >= 0.3 is 0 Å². The van der Waals surface area contributed by atoms with Gasteiger partial charge in [0.25, 0.3) is 0 Å². The minimum absolute atomic E-state index is 0.0544. The first-order chi connectivity index (χ1) is 16.0. The third-order valence-corrected chi connectivity index (χ3v) is 8.96. The van der Waals surface area contributed by atoms with Crippen molar-refractivity contribution < 1.29 is 9.59 Å². The number of rotatable bonds is 9. The summed E-state index contributed by atoms with van der Waals surface area (Å²) in [6.07, 6.45) is 8.01. The van der Waals surface area contributed by atoms with Crippen molar-refractivity contribution in [1.82, 2.24) is 9.80 Å². The minimum Gasteiger partial charge on any atom is -0.333 e. The Morgan fingerprint density at radius 2 is 1.58 bits per heavy atom. The number of carbonyl (C=O) groups excluding carboxylic acids is 2. The van der Waals surface area contributed by atoms with E-state index < -0.39 is 0 Å². The van der Waals surface area contributed by atoms with Gasteiger partial charge in [0.15, 0.2) is 0 Å². The molecule has 0 aliphatic heterocycles. The van der Waals surface area contributed by atoms with Gasteiger partial charge in [-0.05, 0) is 79.7 Å². The monoisotopic (exact) mass is 464 g/mol. The van der Waals surface area contributed by atoms with Crippen molar-refractivity contribution in [2.75, 3.05) is 13.1 Å². The third kappa shape index (κ3) is 4.89. The fourth-order valence-electron chi connectivity index (χ4n) is 7.12. The van der Waals surface area contributed by atoms with E-state index in [9.17, 15) is 9.59 Å². The van der Waals surface area contributed by atoms with E-state index in [0.717, 1.165) is 49.0 Å². The lowest BCUT2D eigenvalue weighted by molar-refractivity contribution is -0.160. The van der Waals surface area contributed by atoms with E-state index in [4.69, 9.17) is 0 Å². The lowest BCUT2D eigenvalue weighted by atomic mass is 9.49. The van der Waals surface area contributed by atoms with Gasteiger partial charge in [-0.1, -0.05) is 43.3 Å². The molecule has 0 radical (unpaired) electrons. The number of hydrogen-bond acceptors (Lipinski definition) is 3. The molecule has 0 N–H and O–H groups in total. The van der Waals surface area contributed by atoms with E-state index in [1.165, 1.54) is 24.1 Å². The number of thiophene rings is 1. The van der Waals surface area contributed by atoms with Crippen LogP contribution in [0, 0.1) is 23.2 Å². The Kier molecular flexibility index (Phi) is 6.60. The van der Waals surface area contributed by atoms with Crippen LogP contribution in [0.15, 0.2) is 47.8 Å². The molecule has 4 aliphatic carbocycles. The van der Waals surface area contributed by atoms with Crippen LogP contribution in [0.5, 0.6) is 0 Å². The molecule has 0 atom stereocenters. The summed E-state index contributed by atoms with van der Waals surface area (Å²) in [6, 6.07) is 14.3. The summed E-state index contributed by atoms with van der Waals surface area (Å²) in [5.74, 6) is 2.51. The maximum absolute atomic E-state index is 14.0. The highest BCUT2D eigenvalue weighted by atomic mass is 32.1. The van der Waals surface area contributed by atoms with Crippen molar-refractivity contribution in [2.24, 2.45) is 23.2 Å². The zero-order chi connectivity index (χ0) is 22.8. The van der Waals surface area contributed by atoms with Crippen LogP contribution in [0.1, 0.15) is 62.3 Å². The second kappa shape index (κ2) is 9.61. The first kappa shape index (κ1) is 22.6. The molecule has 0 saturated heterocycles. The topological polar surface area (TPSA) is 40.6 Å². The zero-order valence-corrected chi connectivity index (χ0v) is 20.6. The number of hydrogen-bond donors (Lipinski definition) is 0. The molecule has 1 aromatic carbocycles. The Morgan fingerprint density at radius 3 is 2.15 bits per heavy atom. The summed E-state index contributed by atoms with van der Waals surface area (Å²) in [5, 5.41) is 2.06. The molecule has 176 valence electrons. The van der Waals surface area contributed by atoms with Crippen molar-refractivity contribution in [3.8, 4) is 0 Å². The van der Waals surface area contributed by atoms with Gasteiger partial charge in [0.1, 0.15) is 0 Å². The molecule has 6 rings (SSSR count). The van der Waals surface area contributed by atoms with Gasteiger partial charge in [-0.2, -0.15) is 0 Å².